The van der Waals surface area contributed by atoms with Crippen molar-refractivity contribution in [1.82, 2.24) is 14.8 Å². The van der Waals surface area contributed by atoms with Crippen LogP contribution in [0.3, 0.4) is 0 Å². The van der Waals surface area contributed by atoms with Crippen LogP contribution in [0.25, 0.3) is 5.52 Å². The molecule has 0 saturated carbocycles. The molecule has 4 nitrogen and oxygen atoms in total. The topological polar surface area (TPSA) is 47.3 Å². The van der Waals surface area contributed by atoms with Gasteiger partial charge in [0, 0.05) is 19.0 Å². The number of rotatable bonds is 3. The van der Waals surface area contributed by atoms with Crippen molar-refractivity contribution < 1.29 is 4.79 Å². The van der Waals surface area contributed by atoms with E-state index in [-0.39, 0.29) is 0 Å². The predicted molar refractivity (Wildman–Crippen MR) is 47.4 cm³/mol. The number of carbonyl (C=O) groups excluding carboxylic acids is 1. The second kappa shape index (κ2) is 3.35. The van der Waals surface area contributed by atoms with E-state index in [0.717, 1.165) is 17.5 Å². The molecule has 0 bridgehead atoms. The second-order valence-electron chi connectivity index (χ2n) is 2.77. The first-order valence-electron chi connectivity index (χ1n) is 4.14. The van der Waals surface area contributed by atoms with E-state index in [1.165, 1.54) is 0 Å². The van der Waals surface area contributed by atoms with Gasteiger partial charge in [-0.2, -0.15) is 0 Å². The van der Waals surface area contributed by atoms with Crippen molar-refractivity contribution in [1.29, 1.82) is 0 Å². The molecule has 0 aliphatic carbocycles. The zero-order valence-electron chi connectivity index (χ0n) is 7.05. The minimum absolute atomic E-state index is 0.503. The monoisotopic (exact) mass is 175 g/mol. The summed E-state index contributed by atoms with van der Waals surface area (Å²) >= 11 is 0. The van der Waals surface area contributed by atoms with Crippen LogP contribution in [0.4, 0.5) is 0 Å². The summed E-state index contributed by atoms with van der Waals surface area (Å²) in [4.78, 5) is 10.2. The largest absolute Gasteiger partial charge is 0.303 e. The Morgan fingerprint density at radius 3 is 3.23 bits per heavy atom. The van der Waals surface area contributed by atoms with Gasteiger partial charge in [-0.1, -0.05) is 11.3 Å². The van der Waals surface area contributed by atoms with Crippen molar-refractivity contribution >= 4 is 11.8 Å². The highest BCUT2D eigenvalue weighted by molar-refractivity contribution is 5.54. The van der Waals surface area contributed by atoms with E-state index in [4.69, 9.17) is 0 Å². The Morgan fingerprint density at radius 2 is 2.38 bits per heavy atom. The van der Waals surface area contributed by atoms with Crippen molar-refractivity contribution in [3.8, 4) is 0 Å². The van der Waals surface area contributed by atoms with Gasteiger partial charge in [-0.25, -0.2) is 4.52 Å². The molecule has 13 heavy (non-hydrogen) atoms. The third kappa shape index (κ3) is 1.42. The van der Waals surface area contributed by atoms with Crippen molar-refractivity contribution in [3.05, 3.63) is 30.1 Å². The molecule has 2 heterocycles. The molecule has 0 fully saturated rings. The molecule has 0 aromatic carbocycles. The summed E-state index contributed by atoms with van der Waals surface area (Å²) in [5.74, 6) is 0. The number of aldehydes is 1. The molecule has 2 aromatic rings. The fraction of sp³-hybridized carbons (Fsp3) is 0.222. The van der Waals surface area contributed by atoms with E-state index in [0.29, 0.717) is 12.8 Å². The van der Waals surface area contributed by atoms with Gasteiger partial charge in [0.2, 0.25) is 0 Å². The van der Waals surface area contributed by atoms with Gasteiger partial charge in [0.05, 0.1) is 11.2 Å². The number of carbonyl (C=O) groups is 1. The van der Waals surface area contributed by atoms with E-state index in [9.17, 15) is 4.79 Å². The molecule has 0 amide bonds. The molecule has 0 spiro atoms. The number of pyridine rings is 1. The molecular formula is C9H9N3O. The van der Waals surface area contributed by atoms with Crippen LogP contribution < -0.4 is 0 Å². The highest BCUT2D eigenvalue weighted by atomic mass is 16.1. The van der Waals surface area contributed by atoms with Gasteiger partial charge >= 0.3 is 0 Å². The molecule has 0 saturated heterocycles. The lowest BCUT2D eigenvalue weighted by molar-refractivity contribution is -0.107. The highest BCUT2D eigenvalue weighted by Crippen LogP contribution is 2.07. The summed E-state index contributed by atoms with van der Waals surface area (Å²) in [6.45, 7) is 0. The average molecular weight is 175 g/mol. The lowest BCUT2D eigenvalue weighted by Gasteiger charge is -1.91. The van der Waals surface area contributed by atoms with E-state index in [1.807, 2.05) is 24.4 Å². The van der Waals surface area contributed by atoms with Crippen LogP contribution in [0.2, 0.25) is 0 Å². The molecule has 2 aromatic heterocycles. The number of aromatic nitrogens is 3. The molecule has 0 N–H and O–H groups in total. The van der Waals surface area contributed by atoms with Crippen LogP contribution in [0, 0.1) is 0 Å². The Kier molecular flexibility index (Phi) is 2.04. The summed E-state index contributed by atoms with van der Waals surface area (Å²) < 4.78 is 1.71. The maximum atomic E-state index is 10.2. The SMILES string of the molecule is O=CCCc1nnn2ccccc12. The lowest BCUT2D eigenvalue weighted by Crippen LogP contribution is -1.87. The van der Waals surface area contributed by atoms with Crippen LogP contribution in [0.15, 0.2) is 24.4 Å². The lowest BCUT2D eigenvalue weighted by atomic mass is 10.2. The van der Waals surface area contributed by atoms with Crippen molar-refractivity contribution in [2.45, 2.75) is 12.8 Å². The molecule has 0 atom stereocenters. The predicted octanol–water partition coefficient (Wildman–Crippen LogP) is 0.861. The van der Waals surface area contributed by atoms with Crippen LogP contribution in [-0.4, -0.2) is 21.1 Å². The number of nitrogens with zero attached hydrogens (tertiary/aromatic N) is 3. The van der Waals surface area contributed by atoms with Crippen LogP contribution in [0.5, 0.6) is 0 Å². The van der Waals surface area contributed by atoms with Crippen LogP contribution in [0.1, 0.15) is 12.1 Å². The van der Waals surface area contributed by atoms with Crippen LogP contribution >= 0.6 is 0 Å². The third-order valence-corrected chi connectivity index (χ3v) is 1.90. The average Bonchev–Trinajstić information content (AvgIpc) is 2.58. The van der Waals surface area contributed by atoms with Gasteiger partial charge in [-0.3, -0.25) is 0 Å². The smallest absolute Gasteiger partial charge is 0.120 e. The summed E-state index contributed by atoms with van der Waals surface area (Å²) in [7, 11) is 0. The summed E-state index contributed by atoms with van der Waals surface area (Å²) in [6.07, 6.45) is 3.90. The van der Waals surface area contributed by atoms with E-state index in [2.05, 4.69) is 10.3 Å². The maximum Gasteiger partial charge on any atom is 0.120 e. The minimum Gasteiger partial charge on any atom is -0.303 e. The molecule has 0 aliphatic rings. The number of aryl methyl sites for hydroxylation is 1. The van der Waals surface area contributed by atoms with Gasteiger partial charge in [-0.15, -0.1) is 5.10 Å². The highest BCUT2D eigenvalue weighted by Gasteiger charge is 2.03. The zero-order chi connectivity index (χ0) is 9.10. The first-order valence-corrected chi connectivity index (χ1v) is 4.14. The second-order valence-corrected chi connectivity index (χ2v) is 2.77. The summed E-state index contributed by atoms with van der Waals surface area (Å²) in [6, 6.07) is 5.77. The zero-order valence-corrected chi connectivity index (χ0v) is 7.05. The van der Waals surface area contributed by atoms with Gasteiger partial charge in [-0.05, 0) is 12.1 Å². The van der Waals surface area contributed by atoms with Crippen molar-refractivity contribution in [2.75, 3.05) is 0 Å². The van der Waals surface area contributed by atoms with Gasteiger partial charge in [0.15, 0.2) is 0 Å². The first-order chi connectivity index (χ1) is 6.42. The van der Waals surface area contributed by atoms with Crippen LogP contribution in [-0.2, 0) is 11.2 Å². The van der Waals surface area contributed by atoms with E-state index >= 15 is 0 Å². The fourth-order valence-corrected chi connectivity index (χ4v) is 1.27. The standard InChI is InChI=1S/C9H9N3O/c13-7-3-4-8-9-5-1-2-6-12(9)11-10-8/h1-2,5-7H,3-4H2. The molecule has 0 unspecified atom stereocenters. The Bertz CT molecular complexity index is 421. The van der Waals surface area contributed by atoms with Gasteiger partial charge in [0.1, 0.15) is 6.29 Å². The first kappa shape index (κ1) is 7.91. The Morgan fingerprint density at radius 1 is 1.46 bits per heavy atom. The molecule has 0 radical (unpaired) electrons. The van der Waals surface area contributed by atoms with Gasteiger partial charge < -0.3 is 4.79 Å². The van der Waals surface area contributed by atoms with E-state index in [1.54, 1.807) is 4.52 Å². The Labute approximate surface area is 75.2 Å². The molecule has 4 heteroatoms. The quantitative estimate of drug-likeness (QED) is 0.650. The van der Waals surface area contributed by atoms with Crippen molar-refractivity contribution in [2.24, 2.45) is 0 Å². The summed E-state index contributed by atoms with van der Waals surface area (Å²) in [5, 5.41) is 7.91. The Hall–Kier alpha value is -1.71. The molecule has 2 rings (SSSR count). The minimum atomic E-state index is 0.503. The normalized spacial score (nSPS) is 10.5. The number of hydrogen-bond donors (Lipinski definition) is 0. The van der Waals surface area contributed by atoms with Crippen molar-refractivity contribution in [3.63, 3.8) is 0 Å². The molecule has 0 aliphatic heterocycles. The Balaban J connectivity index is 2.40. The van der Waals surface area contributed by atoms with E-state index < -0.39 is 0 Å². The van der Waals surface area contributed by atoms with Gasteiger partial charge in [0.25, 0.3) is 0 Å². The fourth-order valence-electron chi connectivity index (χ4n) is 1.27. The third-order valence-electron chi connectivity index (χ3n) is 1.90. The maximum absolute atomic E-state index is 10.2. The molecular weight excluding hydrogens is 166 g/mol. The summed E-state index contributed by atoms with van der Waals surface area (Å²) in [5.41, 5.74) is 1.86. The number of fused-ring (bicyclic) bond motifs is 1. The molecule has 66 valence electrons. The number of hydrogen-bond acceptors (Lipinski definition) is 3.